The van der Waals surface area contributed by atoms with Gasteiger partial charge in [0.15, 0.2) is 5.76 Å². The predicted octanol–water partition coefficient (Wildman–Crippen LogP) is 4.28. The van der Waals surface area contributed by atoms with Gasteiger partial charge >= 0.3 is 0 Å². The monoisotopic (exact) mass is 421 g/mol. The van der Waals surface area contributed by atoms with Crippen molar-refractivity contribution in [2.24, 2.45) is 5.73 Å². The molecule has 7 nitrogen and oxygen atoms in total. The van der Waals surface area contributed by atoms with Gasteiger partial charge in [-0.25, -0.2) is 5.06 Å². The maximum atomic E-state index is 12.6. The molecule has 3 aromatic carbocycles. The van der Waals surface area contributed by atoms with E-state index in [1.807, 2.05) is 0 Å². The predicted molar refractivity (Wildman–Crippen MR) is 111 cm³/mol. The van der Waals surface area contributed by atoms with E-state index in [9.17, 15) is 14.8 Å². The lowest BCUT2D eigenvalue weighted by Crippen LogP contribution is -2.26. The van der Waals surface area contributed by atoms with Gasteiger partial charge in [-0.2, -0.15) is 0 Å². The molecule has 0 aliphatic carbocycles. The van der Waals surface area contributed by atoms with Crippen LogP contribution < -0.4 is 5.73 Å². The summed E-state index contributed by atoms with van der Waals surface area (Å²) in [6.45, 7) is -0.169. The fourth-order valence-electron chi connectivity index (χ4n) is 3.04. The maximum absolute atomic E-state index is 12.6. The third kappa shape index (κ3) is 4.03. The van der Waals surface area contributed by atoms with Crippen LogP contribution in [-0.4, -0.2) is 27.2 Å². The van der Waals surface area contributed by atoms with E-state index >= 15 is 0 Å². The van der Waals surface area contributed by atoms with Gasteiger partial charge in [-0.05, 0) is 47.2 Å². The Balaban J connectivity index is 1.50. The number of rotatable bonds is 5. The topological polar surface area (TPSA) is 110 Å². The number of hydrogen-bond acceptors (Lipinski definition) is 5. The Morgan fingerprint density at radius 1 is 0.967 bits per heavy atom. The fourth-order valence-corrected chi connectivity index (χ4v) is 3.17. The maximum Gasteiger partial charge on any atom is 0.277 e. The van der Waals surface area contributed by atoms with Crippen LogP contribution in [0.25, 0.3) is 22.0 Å². The van der Waals surface area contributed by atoms with Gasteiger partial charge in [0.1, 0.15) is 12.2 Å². The Morgan fingerprint density at radius 3 is 2.27 bits per heavy atom. The van der Waals surface area contributed by atoms with Gasteiger partial charge in [0.05, 0.1) is 0 Å². The Kier molecular flexibility index (Phi) is 5.22. The minimum Gasteiger partial charge on any atom is -0.366 e. The molecule has 1 aromatic heterocycles. The van der Waals surface area contributed by atoms with E-state index in [-0.39, 0.29) is 12.1 Å². The van der Waals surface area contributed by atoms with Crippen molar-refractivity contribution in [1.82, 2.24) is 10.2 Å². The number of halogens is 1. The minimum atomic E-state index is -0.597. The standard InChI is InChI=1S/C22H16ClN3O4/c23-18-7-5-13(6-8-18)20-11-19(30-25-20)12-26(29)22(28)17-4-2-14-9-16(21(24)27)3-1-15(14)10-17/h1-11,29H,12H2,(H2,24,27). The van der Waals surface area contributed by atoms with Crippen molar-refractivity contribution in [2.45, 2.75) is 6.54 Å². The van der Waals surface area contributed by atoms with Gasteiger partial charge in [-0.15, -0.1) is 0 Å². The zero-order valence-corrected chi connectivity index (χ0v) is 16.3. The molecule has 3 N–H and O–H groups in total. The molecule has 150 valence electrons. The third-order valence-corrected chi connectivity index (χ3v) is 4.86. The van der Waals surface area contributed by atoms with Crippen LogP contribution in [0.1, 0.15) is 26.5 Å². The normalized spacial score (nSPS) is 10.9. The Morgan fingerprint density at radius 2 is 1.60 bits per heavy atom. The van der Waals surface area contributed by atoms with Crippen LogP contribution in [0.5, 0.6) is 0 Å². The second-order valence-corrected chi connectivity index (χ2v) is 7.13. The summed E-state index contributed by atoms with van der Waals surface area (Å²) in [6, 6.07) is 18.5. The van der Waals surface area contributed by atoms with Gasteiger partial charge in [0.25, 0.3) is 5.91 Å². The van der Waals surface area contributed by atoms with Crippen LogP contribution in [0, 0.1) is 0 Å². The molecule has 2 amide bonds. The van der Waals surface area contributed by atoms with Crippen LogP contribution in [0.2, 0.25) is 5.02 Å². The van der Waals surface area contributed by atoms with Crippen LogP contribution in [0.3, 0.4) is 0 Å². The number of amides is 2. The Bertz CT molecular complexity index is 1250. The average Bonchev–Trinajstić information content (AvgIpc) is 3.21. The van der Waals surface area contributed by atoms with Crippen LogP contribution in [0.15, 0.2) is 71.3 Å². The molecular formula is C22H16ClN3O4. The van der Waals surface area contributed by atoms with E-state index in [1.165, 1.54) is 0 Å². The van der Waals surface area contributed by atoms with Crippen LogP contribution >= 0.6 is 11.6 Å². The van der Waals surface area contributed by atoms with Gasteiger partial charge < -0.3 is 10.3 Å². The second kappa shape index (κ2) is 7.98. The molecule has 0 bridgehead atoms. The molecule has 0 fully saturated rings. The van der Waals surface area contributed by atoms with Crippen molar-refractivity contribution in [3.8, 4) is 11.3 Å². The van der Waals surface area contributed by atoms with E-state index in [4.69, 9.17) is 21.9 Å². The van der Waals surface area contributed by atoms with E-state index in [0.29, 0.717) is 27.1 Å². The minimum absolute atomic E-state index is 0.169. The van der Waals surface area contributed by atoms with E-state index < -0.39 is 11.8 Å². The Hall–Kier alpha value is -3.68. The lowest BCUT2D eigenvalue weighted by molar-refractivity contribution is -0.0690. The quantitative estimate of drug-likeness (QED) is 0.369. The van der Waals surface area contributed by atoms with Crippen molar-refractivity contribution in [3.05, 3.63) is 88.6 Å². The fraction of sp³-hybridized carbons (Fsp3) is 0.0455. The number of aromatic nitrogens is 1. The molecule has 4 aromatic rings. The number of benzene rings is 3. The highest BCUT2D eigenvalue weighted by Crippen LogP contribution is 2.23. The zero-order chi connectivity index (χ0) is 21.3. The summed E-state index contributed by atoms with van der Waals surface area (Å²) in [6.07, 6.45) is 0. The highest BCUT2D eigenvalue weighted by Gasteiger charge is 2.17. The summed E-state index contributed by atoms with van der Waals surface area (Å²) >= 11 is 5.88. The van der Waals surface area contributed by atoms with Crippen molar-refractivity contribution in [1.29, 1.82) is 0 Å². The molecule has 30 heavy (non-hydrogen) atoms. The molecule has 0 unspecified atom stereocenters. The van der Waals surface area contributed by atoms with E-state index in [1.54, 1.807) is 66.7 Å². The summed E-state index contributed by atoms with van der Waals surface area (Å²) in [5, 5.41) is 16.9. The lowest BCUT2D eigenvalue weighted by atomic mass is 10.0. The molecule has 0 spiro atoms. The first-order valence-corrected chi connectivity index (χ1v) is 9.34. The molecule has 0 atom stereocenters. The first kappa shape index (κ1) is 19.6. The molecule has 8 heteroatoms. The number of hydrogen-bond donors (Lipinski definition) is 2. The number of hydroxylamine groups is 2. The summed E-state index contributed by atoms with van der Waals surface area (Å²) < 4.78 is 5.23. The summed E-state index contributed by atoms with van der Waals surface area (Å²) in [5.74, 6) is -0.799. The molecule has 0 aliphatic heterocycles. The SMILES string of the molecule is NC(=O)c1ccc2cc(C(=O)N(O)Cc3cc(-c4ccc(Cl)cc4)no3)ccc2c1. The first-order chi connectivity index (χ1) is 14.4. The number of nitrogens with two attached hydrogens (primary N) is 1. The average molecular weight is 422 g/mol. The first-order valence-electron chi connectivity index (χ1n) is 8.96. The number of carbonyl (C=O) groups excluding carboxylic acids is 2. The number of nitrogens with zero attached hydrogens (tertiary/aromatic N) is 2. The van der Waals surface area contributed by atoms with Gasteiger partial charge in [0.2, 0.25) is 5.91 Å². The molecular weight excluding hydrogens is 406 g/mol. The Labute approximate surface area is 176 Å². The molecule has 0 saturated heterocycles. The third-order valence-electron chi connectivity index (χ3n) is 4.61. The summed E-state index contributed by atoms with van der Waals surface area (Å²) in [4.78, 5) is 23.9. The number of primary amides is 1. The molecule has 0 saturated carbocycles. The van der Waals surface area contributed by atoms with Crippen LogP contribution in [-0.2, 0) is 6.54 Å². The highest BCUT2D eigenvalue weighted by atomic mass is 35.5. The van der Waals surface area contributed by atoms with Crippen LogP contribution in [0.4, 0.5) is 0 Å². The second-order valence-electron chi connectivity index (χ2n) is 6.69. The van der Waals surface area contributed by atoms with E-state index in [2.05, 4.69) is 5.16 Å². The zero-order valence-electron chi connectivity index (χ0n) is 15.6. The van der Waals surface area contributed by atoms with Crippen molar-refractivity contribution in [3.63, 3.8) is 0 Å². The number of fused-ring (bicyclic) bond motifs is 1. The summed E-state index contributed by atoms with van der Waals surface area (Å²) in [7, 11) is 0. The lowest BCUT2D eigenvalue weighted by Gasteiger charge is -2.13. The van der Waals surface area contributed by atoms with Crippen molar-refractivity contribution < 1.29 is 19.3 Å². The molecule has 0 radical (unpaired) electrons. The van der Waals surface area contributed by atoms with Crippen molar-refractivity contribution >= 4 is 34.2 Å². The molecule has 4 rings (SSSR count). The van der Waals surface area contributed by atoms with Gasteiger partial charge in [0, 0.05) is 27.8 Å². The molecule has 0 aliphatic rings. The smallest absolute Gasteiger partial charge is 0.277 e. The largest absolute Gasteiger partial charge is 0.366 e. The van der Waals surface area contributed by atoms with Crippen molar-refractivity contribution in [2.75, 3.05) is 0 Å². The van der Waals surface area contributed by atoms with Gasteiger partial charge in [-0.1, -0.05) is 41.0 Å². The van der Waals surface area contributed by atoms with E-state index in [0.717, 1.165) is 16.3 Å². The van der Waals surface area contributed by atoms with Gasteiger partial charge in [-0.3, -0.25) is 14.8 Å². The highest BCUT2D eigenvalue weighted by molar-refractivity contribution is 6.30. The summed E-state index contributed by atoms with van der Waals surface area (Å²) in [5.41, 5.74) is 7.33. The number of carbonyl (C=O) groups is 2. The molecule has 1 heterocycles.